The molecule has 3 aromatic heterocycles. The van der Waals surface area contributed by atoms with Gasteiger partial charge < -0.3 is 15.2 Å². The van der Waals surface area contributed by atoms with Crippen molar-refractivity contribution in [3.05, 3.63) is 108 Å². The Morgan fingerprint density at radius 1 is 1.13 bits per heavy atom. The van der Waals surface area contributed by atoms with Gasteiger partial charge in [0.05, 0.1) is 30.1 Å². The number of aromatic nitrogens is 5. The zero-order valence-electron chi connectivity index (χ0n) is 30.5. The Morgan fingerprint density at radius 3 is 2.77 bits per heavy atom. The summed E-state index contributed by atoms with van der Waals surface area (Å²) in [4.78, 5) is 29.2. The lowest BCUT2D eigenvalue weighted by molar-refractivity contribution is -0.137. The summed E-state index contributed by atoms with van der Waals surface area (Å²) >= 11 is 0. The first-order chi connectivity index (χ1) is 23.2. The predicted molar refractivity (Wildman–Crippen MR) is 141 cm³/mol. The molecule has 1 amide bonds. The monoisotopic (exact) mass is 540 g/mol. The molecule has 0 saturated heterocycles. The second kappa shape index (κ2) is 10.4. The molecular formula is C28H22F3N7O. The molecule has 0 radical (unpaired) electrons. The minimum Gasteiger partial charge on any atom is -0.324 e. The number of hydrogen-bond acceptors (Lipinski definition) is 6. The topological polar surface area (TPSA) is 97.6 Å². The Hall–Kier alpha value is -5.06. The van der Waals surface area contributed by atoms with Gasteiger partial charge in [0, 0.05) is 61.2 Å². The van der Waals surface area contributed by atoms with E-state index >= 15 is 0 Å². The van der Waals surface area contributed by atoms with E-state index in [1.54, 1.807) is 0 Å². The lowest BCUT2D eigenvalue weighted by atomic mass is 10.1. The number of nitrogens with zero attached hydrogens (tertiary/aromatic N) is 5. The number of hydrogen-bond donors (Lipinski definition) is 2. The Morgan fingerprint density at radius 2 is 2.03 bits per heavy atom. The molecule has 0 aliphatic carbocycles. The second-order valence-electron chi connectivity index (χ2n) is 7.89. The third-order valence-corrected chi connectivity index (χ3v) is 5.15. The van der Waals surface area contributed by atoms with E-state index in [1.807, 2.05) is 0 Å². The number of rotatable bonds is 6. The number of benzene rings is 2. The van der Waals surface area contributed by atoms with Crippen LogP contribution in [-0.4, -0.2) is 30.4 Å². The van der Waals surface area contributed by atoms with Crippen LogP contribution in [-0.2, 0) is 6.18 Å². The van der Waals surface area contributed by atoms with Gasteiger partial charge in [-0.2, -0.15) is 13.2 Å². The third-order valence-electron chi connectivity index (χ3n) is 5.15. The summed E-state index contributed by atoms with van der Waals surface area (Å²) in [5.41, 5.74) is -4.80. The number of anilines is 3. The van der Waals surface area contributed by atoms with E-state index in [9.17, 15) is 18.0 Å². The smallest absolute Gasteiger partial charge is 0.324 e. The van der Waals surface area contributed by atoms with E-state index in [4.69, 9.17) is 15.1 Å². The molecule has 0 bridgehead atoms. The van der Waals surface area contributed by atoms with Crippen molar-refractivity contribution in [3.8, 4) is 16.9 Å². The summed E-state index contributed by atoms with van der Waals surface area (Å²) in [6.07, 6.45) is -0.839. The van der Waals surface area contributed by atoms with Crippen molar-refractivity contribution in [1.29, 1.82) is 0 Å². The second-order valence-corrected chi connectivity index (χ2v) is 7.89. The first-order valence-electron chi connectivity index (χ1n) is 16.4. The zero-order chi connectivity index (χ0) is 36.9. The van der Waals surface area contributed by atoms with Crippen molar-refractivity contribution in [1.82, 2.24) is 24.5 Å². The SMILES string of the molecule is [2H]c1nc(Nc2c([2H])c(C(=O)Nc3cc(-n4cnc(C([2H])([2H])[2H])c4)cc(C(F)(F)F)c3)c([2H])c([2H])c2C([2H])([2H])[2H])nc(-c2cccnc2)c1[2H]. The normalized spacial score (nSPS) is 16.0. The van der Waals surface area contributed by atoms with Crippen molar-refractivity contribution < 1.29 is 33.0 Å². The molecule has 0 unspecified atom stereocenters. The van der Waals surface area contributed by atoms with Gasteiger partial charge in [-0.15, -0.1) is 0 Å². The molecule has 2 N–H and O–H groups in total. The van der Waals surface area contributed by atoms with Gasteiger partial charge in [0.2, 0.25) is 5.95 Å². The van der Waals surface area contributed by atoms with Crippen LogP contribution in [0.5, 0.6) is 0 Å². The van der Waals surface area contributed by atoms with Gasteiger partial charge >= 0.3 is 6.18 Å². The average Bonchev–Trinajstić information content (AvgIpc) is 3.52. The fraction of sp³-hybridized carbons (Fsp3) is 0.107. The fourth-order valence-corrected chi connectivity index (χ4v) is 3.37. The molecule has 5 rings (SSSR count). The largest absolute Gasteiger partial charge is 0.416 e. The zero-order valence-corrected chi connectivity index (χ0v) is 19.5. The van der Waals surface area contributed by atoms with Gasteiger partial charge in [0.25, 0.3) is 5.91 Å². The summed E-state index contributed by atoms with van der Waals surface area (Å²) in [6.45, 7) is -5.82. The van der Waals surface area contributed by atoms with Gasteiger partial charge in [-0.05, 0) is 67.7 Å². The molecule has 0 aliphatic rings. The highest BCUT2D eigenvalue weighted by Gasteiger charge is 2.31. The minimum absolute atomic E-state index is 0.104. The molecular weight excluding hydrogens is 507 g/mol. The summed E-state index contributed by atoms with van der Waals surface area (Å²) < 4.78 is 131. The number of imidazole rings is 1. The van der Waals surface area contributed by atoms with Crippen molar-refractivity contribution in [2.75, 3.05) is 10.6 Å². The highest BCUT2D eigenvalue weighted by Crippen LogP contribution is 2.33. The molecule has 39 heavy (non-hydrogen) atoms. The number of carbonyl (C=O) groups is 1. The molecule has 2 aromatic carbocycles. The average molecular weight is 541 g/mol. The molecule has 0 aliphatic heterocycles. The number of alkyl halides is 3. The van der Waals surface area contributed by atoms with E-state index in [2.05, 4.69) is 30.6 Å². The molecule has 196 valence electrons. The van der Waals surface area contributed by atoms with Gasteiger partial charge in [0.1, 0.15) is 0 Å². The van der Waals surface area contributed by atoms with E-state index in [-0.39, 0.29) is 16.9 Å². The maximum atomic E-state index is 13.9. The van der Waals surface area contributed by atoms with Crippen LogP contribution in [0, 0.1) is 13.7 Å². The maximum absolute atomic E-state index is 13.9. The van der Waals surface area contributed by atoms with Crippen molar-refractivity contribution in [2.24, 2.45) is 0 Å². The Kier molecular flexibility index (Phi) is 4.09. The first kappa shape index (κ1) is 15.4. The molecule has 0 atom stereocenters. The molecule has 0 saturated carbocycles. The molecule has 8 nitrogen and oxygen atoms in total. The summed E-state index contributed by atoms with van der Waals surface area (Å²) in [5, 5.41) is 4.60. The van der Waals surface area contributed by atoms with Crippen molar-refractivity contribution in [3.63, 3.8) is 0 Å². The summed E-state index contributed by atoms with van der Waals surface area (Å²) in [6, 6.07) is 1.86. The van der Waals surface area contributed by atoms with Gasteiger partial charge in [-0.1, -0.05) is 6.04 Å². The number of halogens is 3. The third kappa shape index (κ3) is 5.93. The van der Waals surface area contributed by atoms with Crippen LogP contribution in [0.3, 0.4) is 0 Å². The number of pyridine rings is 1. The Bertz CT molecular complexity index is 2120. The fourth-order valence-electron chi connectivity index (χ4n) is 3.37. The quantitative estimate of drug-likeness (QED) is 0.260. The lowest BCUT2D eigenvalue weighted by Crippen LogP contribution is -2.14. The van der Waals surface area contributed by atoms with E-state index in [0.29, 0.717) is 12.1 Å². The van der Waals surface area contributed by atoms with Gasteiger partial charge in [0.15, 0.2) is 0 Å². The summed E-state index contributed by atoms with van der Waals surface area (Å²) in [5.74, 6) is -1.88. The molecule has 0 spiro atoms. The Labute approximate surface area is 237 Å². The highest BCUT2D eigenvalue weighted by atomic mass is 19.4. The van der Waals surface area contributed by atoms with Crippen LogP contribution in [0.4, 0.5) is 30.5 Å². The molecule has 0 fully saturated rings. The minimum atomic E-state index is -4.95. The Balaban J connectivity index is 1.62. The van der Waals surface area contributed by atoms with Gasteiger partial charge in [-0.25, -0.2) is 15.0 Å². The number of amides is 1. The van der Waals surface area contributed by atoms with Crippen LogP contribution in [0.15, 0.2) is 85.6 Å². The van der Waals surface area contributed by atoms with Gasteiger partial charge in [-0.3, -0.25) is 9.78 Å². The van der Waals surface area contributed by atoms with Crippen LogP contribution in [0.2, 0.25) is 0 Å². The van der Waals surface area contributed by atoms with Crippen LogP contribution in [0.1, 0.15) is 42.3 Å². The van der Waals surface area contributed by atoms with Crippen LogP contribution in [0.25, 0.3) is 16.9 Å². The lowest BCUT2D eigenvalue weighted by Gasteiger charge is -2.14. The van der Waals surface area contributed by atoms with Crippen molar-refractivity contribution >= 4 is 23.2 Å². The standard InChI is InChI=1S/C28H22F3N7O/c1-17-5-6-19(10-25(17)37-27-33-9-7-24(36-27)20-4-3-8-32-14-20)26(39)35-22-11-21(28(29,30)31)12-23(13-22)38-15-18(2)34-16-38/h3-16H,1-2H3,(H,35,39)(H,33,36,37)/i1D3,2D3,5D,6D,7D,9D,10D. The predicted octanol–water partition coefficient (Wildman–Crippen LogP) is 6.36. The molecule has 5 aromatic rings. The van der Waals surface area contributed by atoms with Crippen LogP contribution >= 0.6 is 0 Å². The highest BCUT2D eigenvalue weighted by molar-refractivity contribution is 6.05. The molecule has 3 heterocycles. The summed E-state index contributed by atoms with van der Waals surface area (Å²) in [7, 11) is 0. The maximum Gasteiger partial charge on any atom is 0.416 e. The molecule has 11 heteroatoms. The number of nitrogens with one attached hydrogen (secondary N) is 2. The van der Waals surface area contributed by atoms with Crippen molar-refractivity contribution in [2.45, 2.75) is 19.9 Å². The van der Waals surface area contributed by atoms with E-state index < -0.39 is 95.8 Å². The number of aryl methyl sites for hydroxylation is 1. The number of carbonyl (C=O) groups excluding carboxylic acids is 1. The van der Waals surface area contributed by atoms with E-state index in [0.717, 1.165) is 23.2 Å². The first-order valence-corrected chi connectivity index (χ1v) is 10.9. The van der Waals surface area contributed by atoms with E-state index in [1.165, 1.54) is 24.5 Å². The van der Waals surface area contributed by atoms with Crippen LogP contribution < -0.4 is 10.6 Å².